The predicted molar refractivity (Wildman–Crippen MR) is 88.4 cm³/mol. The van der Waals surface area contributed by atoms with Crippen LogP contribution >= 0.6 is 0 Å². The molecule has 124 valence electrons. The zero-order valence-corrected chi connectivity index (χ0v) is 14.1. The minimum absolute atomic E-state index is 0.104. The largest absolute Gasteiger partial charge is 0.460 e. The molecule has 0 spiro atoms. The molecule has 0 aromatic carbocycles. The summed E-state index contributed by atoms with van der Waals surface area (Å²) in [5, 5.41) is 0. The molecule has 3 nitrogen and oxygen atoms in total. The fraction of sp³-hybridized carbons (Fsp3) is 0.833. The van der Waals surface area contributed by atoms with Crippen LogP contribution in [0.25, 0.3) is 0 Å². The molecule has 0 aromatic rings. The van der Waals surface area contributed by atoms with Crippen molar-refractivity contribution < 1.29 is 14.3 Å². The Bertz CT molecular complexity index is 251. The van der Waals surface area contributed by atoms with Gasteiger partial charge in [0, 0.05) is 6.42 Å². The fourth-order valence-electron chi connectivity index (χ4n) is 2.21. The van der Waals surface area contributed by atoms with Crippen molar-refractivity contribution in [2.24, 2.45) is 0 Å². The van der Waals surface area contributed by atoms with E-state index in [4.69, 9.17) is 9.47 Å². The van der Waals surface area contributed by atoms with Crippen LogP contribution in [0.15, 0.2) is 12.7 Å². The Morgan fingerprint density at radius 2 is 1.62 bits per heavy atom. The summed E-state index contributed by atoms with van der Waals surface area (Å²) in [6.45, 7) is 8.61. The van der Waals surface area contributed by atoms with Crippen LogP contribution in [-0.2, 0) is 14.3 Å². The maximum absolute atomic E-state index is 11.6. The van der Waals surface area contributed by atoms with Gasteiger partial charge in [-0.3, -0.25) is 4.79 Å². The molecule has 1 unspecified atom stereocenters. The number of carbonyl (C=O) groups is 1. The van der Waals surface area contributed by atoms with Crippen LogP contribution in [0, 0.1) is 0 Å². The maximum Gasteiger partial charge on any atom is 0.306 e. The molecule has 0 aliphatic heterocycles. The quantitative estimate of drug-likeness (QED) is 0.241. The van der Waals surface area contributed by atoms with Gasteiger partial charge < -0.3 is 9.47 Å². The lowest BCUT2D eigenvalue weighted by molar-refractivity contribution is -0.150. The first-order valence-corrected chi connectivity index (χ1v) is 8.58. The Hall–Kier alpha value is -0.830. The second kappa shape index (κ2) is 15.6. The molecule has 0 heterocycles. The fourth-order valence-corrected chi connectivity index (χ4v) is 2.21. The summed E-state index contributed by atoms with van der Waals surface area (Å²) in [7, 11) is 0. The van der Waals surface area contributed by atoms with Gasteiger partial charge in [-0.05, 0) is 13.3 Å². The number of ether oxygens (including phenoxy) is 2. The first kappa shape index (κ1) is 20.2. The third-order valence-electron chi connectivity index (χ3n) is 3.41. The summed E-state index contributed by atoms with van der Waals surface area (Å²) in [5.74, 6) is -0.104. The lowest BCUT2D eigenvalue weighted by Gasteiger charge is -2.12. The van der Waals surface area contributed by atoms with Gasteiger partial charge in [-0.2, -0.15) is 0 Å². The first-order chi connectivity index (χ1) is 10.2. The molecule has 0 rings (SSSR count). The van der Waals surface area contributed by atoms with Crippen molar-refractivity contribution in [2.75, 3.05) is 13.2 Å². The predicted octanol–water partition coefficient (Wildman–Crippen LogP) is 5.04. The van der Waals surface area contributed by atoms with Crippen molar-refractivity contribution >= 4 is 5.97 Å². The molecule has 0 amide bonds. The van der Waals surface area contributed by atoms with Gasteiger partial charge in [0.2, 0.25) is 0 Å². The van der Waals surface area contributed by atoms with E-state index in [9.17, 15) is 4.79 Å². The number of hydrogen-bond donors (Lipinski definition) is 0. The second-order valence-corrected chi connectivity index (χ2v) is 5.71. The van der Waals surface area contributed by atoms with E-state index in [2.05, 4.69) is 13.5 Å². The van der Waals surface area contributed by atoms with Crippen LogP contribution in [0.5, 0.6) is 0 Å². The van der Waals surface area contributed by atoms with Gasteiger partial charge in [-0.25, -0.2) is 0 Å². The number of hydrogen-bond acceptors (Lipinski definition) is 3. The van der Waals surface area contributed by atoms with Crippen molar-refractivity contribution in [1.82, 2.24) is 0 Å². The van der Waals surface area contributed by atoms with Crippen molar-refractivity contribution in [1.29, 1.82) is 0 Å². The van der Waals surface area contributed by atoms with E-state index >= 15 is 0 Å². The van der Waals surface area contributed by atoms with Crippen LogP contribution in [0.2, 0.25) is 0 Å². The molecule has 0 radical (unpaired) electrons. The molecule has 0 fully saturated rings. The Kier molecular flexibility index (Phi) is 14.9. The van der Waals surface area contributed by atoms with Crippen LogP contribution in [0.4, 0.5) is 0 Å². The molecule has 0 aromatic heterocycles. The van der Waals surface area contributed by atoms with E-state index in [1.165, 1.54) is 44.9 Å². The number of carbonyl (C=O) groups excluding carboxylic acids is 1. The summed E-state index contributed by atoms with van der Waals surface area (Å²) in [6.07, 6.45) is 13.4. The van der Waals surface area contributed by atoms with Gasteiger partial charge in [-0.15, -0.1) is 6.58 Å². The summed E-state index contributed by atoms with van der Waals surface area (Å²) in [6, 6.07) is 0. The Balaban J connectivity index is 3.31. The molecule has 0 bridgehead atoms. The minimum Gasteiger partial charge on any atom is -0.460 e. The van der Waals surface area contributed by atoms with E-state index in [-0.39, 0.29) is 12.1 Å². The summed E-state index contributed by atoms with van der Waals surface area (Å²) in [5.41, 5.74) is 0. The van der Waals surface area contributed by atoms with Crippen molar-refractivity contribution in [3.8, 4) is 0 Å². The molecule has 21 heavy (non-hydrogen) atoms. The van der Waals surface area contributed by atoms with Gasteiger partial charge in [0.05, 0.1) is 13.2 Å². The monoisotopic (exact) mass is 298 g/mol. The Morgan fingerprint density at radius 1 is 1.05 bits per heavy atom. The van der Waals surface area contributed by atoms with E-state index in [0.29, 0.717) is 19.6 Å². The third kappa shape index (κ3) is 15.4. The third-order valence-corrected chi connectivity index (χ3v) is 3.41. The van der Waals surface area contributed by atoms with Crippen LogP contribution in [0.1, 0.15) is 78.1 Å². The molecule has 3 heteroatoms. The first-order valence-electron chi connectivity index (χ1n) is 8.58. The molecule has 0 aliphatic rings. The number of esters is 1. The molecule has 0 saturated carbocycles. The Morgan fingerprint density at radius 3 is 2.19 bits per heavy atom. The van der Waals surface area contributed by atoms with Gasteiger partial charge in [0.15, 0.2) is 0 Å². The lowest BCUT2D eigenvalue weighted by Crippen LogP contribution is -2.20. The highest BCUT2D eigenvalue weighted by Crippen LogP contribution is 2.11. The Labute approximate surface area is 131 Å². The lowest BCUT2D eigenvalue weighted by atomic mass is 10.1. The highest BCUT2D eigenvalue weighted by molar-refractivity contribution is 5.69. The average molecular weight is 298 g/mol. The van der Waals surface area contributed by atoms with E-state index in [0.717, 1.165) is 12.8 Å². The molecular weight excluding hydrogens is 264 g/mol. The summed E-state index contributed by atoms with van der Waals surface area (Å²) in [4.78, 5) is 11.6. The molecule has 1 atom stereocenters. The van der Waals surface area contributed by atoms with Gasteiger partial charge in [0.25, 0.3) is 0 Å². The van der Waals surface area contributed by atoms with E-state index in [1.807, 2.05) is 6.92 Å². The SMILES string of the molecule is C=CCOCC(C)OC(=O)CCCCCCCCCCC. The number of unbranched alkanes of at least 4 members (excludes halogenated alkanes) is 8. The van der Waals surface area contributed by atoms with Crippen LogP contribution < -0.4 is 0 Å². The van der Waals surface area contributed by atoms with Gasteiger partial charge in [0.1, 0.15) is 6.10 Å². The van der Waals surface area contributed by atoms with E-state index < -0.39 is 0 Å². The average Bonchev–Trinajstić information content (AvgIpc) is 2.45. The highest BCUT2D eigenvalue weighted by Gasteiger charge is 2.08. The van der Waals surface area contributed by atoms with Gasteiger partial charge >= 0.3 is 5.97 Å². The molecular formula is C18H34O3. The number of rotatable bonds is 15. The molecule has 0 saturated heterocycles. The van der Waals surface area contributed by atoms with Gasteiger partial charge in [-0.1, -0.05) is 64.4 Å². The standard InChI is InChI=1S/C18H34O3/c1-4-6-7-8-9-10-11-12-13-14-18(19)21-17(3)16-20-15-5-2/h5,17H,2,4,6-16H2,1,3H3. The smallest absolute Gasteiger partial charge is 0.306 e. The summed E-state index contributed by atoms with van der Waals surface area (Å²) < 4.78 is 10.5. The summed E-state index contributed by atoms with van der Waals surface area (Å²) >= 11 is 0. The highest BCUT2D eigenvalue weighted by atomic mass is 16.6. The maximum atomic E-state index is 11.6. The van der Waals surface area contributed by atoms with Crippen LogP contribution in [0.3, 0.4) is 0 Å². The van der Waals surface area contributed by atoms with Crippen molar-refractivity contribution in [2.45, 2.75) is 84.2 Å². The second-order valence-electron chi connectivity index (χ2n) is 5.71. The normalized spacial score (nSPS) is 12.1. The van der Waals surface area contributed by atoms with Crippen molar-refractivity contribution in [3.63, 3.8) is 0 Å². The van der Waals surface area contributed by atoms with Crippen molar-refractivity contribution in [3.05, 3.63) is 12.7 Å². The zero-order valence-electron chi connectivity index (χ0n) is 14.1. The topological polar surface area (TPSA) is 35.5 Å². The molecule has 0 aliphatic carbocycles. The zero-order chi connectivity index (χ0) is 15.8. The van der Waals surface area contributed by atoms with E-state index in [1.54, 1.807) is 6.08 Å². The van der Waals surface area contributed by atoms with Crippen LogP contribution in [-0.4, -0.2) is 25.3 Å². The minimum atomic E-state index is -0.170. The molecule has 0 N–H and O–H groups in total.